The normalized spacial score (nSPS) is 16.7. The summed E-state index contributed by atoms with van der Waals surface area (Å²) in [6.45, 7) is 19.6. The Morgan fingerprint density at radius 3 is 1.27 bits per heavy atom. The van der Waals surface area contributed by atoms with Gasteiger partial charge in [0.1, 0.15) is 11.5 Å². The number of aryl methyl sites for hydroxylation is 2. The molecule has 0 radical (unpaired) electrons. The number of rotatable bonds is 20. The second-order valence-electron chi connectivity index (χ2n) is 32.1. The first-order chi connectivity index (χ1) is 57.1. The number of nitrogens with zero attached hydrogens (tertiary/aromatic N) is 2. The van der Waals surface area contributed by atoms with E-state index >= 15 is 0 Å². The van der Waals surface area contributed by atoms with Crippen LogP contribution in [0, 0.1) is 19.3 Å². The molecule has 3 aromatic heterocycles. The topological polar surface area (TPSA) is 168 Å². The van der Waals surface area contributed by atoms with Crippen molar-refractivity contribution in [2.45, 2.75) is 99.8 Å². The van der Waals surface area contributed by atoms with Gasteiger partial charge in [-0.1, -0.05) is 223 Å². The number of carbonyl (C=O) groups is 4. The van der Waals surface area contributed by atoms with E-state index < -0.39 is 0 Å². The van der Waals surface area contributed by atoms with Gasteiger partial charge < -0.3 is 30.1 Å². The smallest absolute Gasteiger partial charge is 0.255 e. The minimum absolute atomic E-state index is 0.145. The molecule has 0 saturated carbocycles. The van der Waals surface area contributed by atoms with Crippen molar-refractivity contribution in [1.29, 1.82) is 0 Å². The Hall–Kier alpha value is -13.8. The van der Waals surface area contributed by atoms with Crippen molar-refractivity contribution in [1.82, 2.24) is 19.9 Å². The average Bonchev–Trinajstić information content (AvgIpc) is 1.52. The van der Waals surface area contributed by atoms with E-state index in [-0.39, 0.29) is 40.6 Å². The number of nitrogens with one attached hydrogen (secondary N) is 4. The summed E-state index contributed by atoms with van der Waals surface area (Å²) in [6.07, 6.45) is 45.1. The van der Waals surface area contributed by atoms with Gasteiger partial charge in [-0.25, -0.2) is 9.97 Å². The summed E-state index contributed by atoms with van der Waals surface area (Å²) in [6, 6.07) is 54.2. The lowest BCUT2D eigenvalue weighted by Gasteiger charge is -2.32. The lowest BCUT2D eigenvalue weighted by molar-refractivity contribution is -0.115. The number of aromatic amines is 2. The highest BCUT2D eigenvalue weighted by molar-refractivity contribution is 6.23. The van der Waals surface area contributed by atoms with Crippen molar-refractivity contribution < 1.29 is 28.7 Å². The van der Waals surface area contributed by atoms with Crippen molar-refractivity contribution in [3.63, 3.8) is 0 Å². The number of ether oxygens (including phenoxy) is 2. The number of carbonyl (C=O) groups excluding carboxylic acids is 4. The Balaban J connectivity index is 0.652. The molecule has 5 heterocycles. The molecule has 12 heteroatoms. The molecule has 0 unspecified atom stereocenters. The molecule has 0 saturated heterocycles. The molecule has 10 bridgehead atoms. The average molecular weight is 1550 g/mol. The van der Waals surface area contributed by atoms with Gasteiger partial charge in [0.15, 0.2) is 11.6 Å². The van der Waals surface area contributed by atoms with Gasteiger partial charge in [0.2, 0.25) is 0 Å². The van der Waals surface area contributed by atoms with Gasteiger partial charge in [-0.05, 0) is 228 Å². The molecule has 2 aliphatic heterocycles. The summed E-state index contributed by atoms with van der Waals surface area (Å²) >= 11 is 0. The van der Waals surface area contributed by atoms with Crippen LogP contribution in [0.15, 0.2) is 300 Å². The van der Waals surface area contributed by atoms with Crippen LogP contribution in [-0.2, 0) is 9.59 Å². The molecule has 6 aliphatic rings. The third-order valence-corrected chi connectivity index (χ3v) is 23.4. The highest BCUT2D eigenvalue weighted by Crippen LogP contribution is 2.64. The third kappa shape index (κ3) is 15.9. The maximum Gasteiger partial charge on any atom is 0.255 e. The lowest BCUT2D eigenvalue weighted by Crippen LogP contribution is -2.20. The first-order valence-electron chi connectivity index (χ1n) is 40.4. The zero-order chi connectivity index (χ0) is 82.0. The van der Waals surface area contributed by atoms with E-state index in [0.29, 0.717) is 57.0 Å². The summed E-state index contributed by atoms with van der Waals surface area (Å²) in [5, 5.41) is 7.71. The third-order valence-electron chi connectivity index (χ3n) is 23.4. The summed E-state index contributed by atoms with van der Waals surface area (Å²) in [5.41, 5.74) is 29.6. The van der Waals surface area contributed by atoms with E-state index in [2.05, 4.69) is 265 Å². The minimum Gasteiger partial charge on any atom is -0.496 e. The van der Waals surface area contributed by atoms with Crippen LogP contribution in [0.3, 0.4) is 0 Å². The number of benzene rings is 7. The summed E-state index contributed by atoms with van der Waals surface area (Å²) in [7, 11) is 3.21. The maximum atomic E-state index is 14.5. The predicted molar refractivity (Wildman–Crippen MR) is 487 cm³/mol. The lowest BCUT2D eigenvalue weighted by atomic mass is 9.72. The Kier molecular flexibility index (Phi) is 21.9. The molecule has 118 heavy (non-hydrogen) atoms. The standard InChI is InChI=1S/C106H94N6O6/c1-63(17-12-13-18-64(2)20-15-22-66(4)29-49-83-69(7)23-16-60-106(83,8)9)19-14-21-65(3)24-30-70-31-37-75(38-32-70)104(115)107-77-44-39-73(40-45-77)96-88-54-50-84(109-88)94(71-33-25-67(5)26-34-71)86-52-56-90(111-86)97(91-57-53-87(112-91)95(85-51-55-89(96)110-85)72-35-27-68(6)28-36-72)74-41-46-78(47-42-74)108-105(116)76-43-48-79-80(61-76)103(118-11)101-82-62-81(100(101)102(79)117-10)98-92(113)58-59-93(114)99(82)98/h12-15,17-22,24-59,61,81-82,109,112H,16,23,60,62H2,1-11H3,(H,107,115)(H,108,116)/b13-12+,19-14+,20-15+,30-24+,49-29+,63-17+,64-18+,65-21+,66-22+,94-84?,94-86?,95-85?,95-87?,96-88?,96-89?,97-90?,97-91?/t81-,82+/m1/s1. The Bertz CT molecular complexity index is 6420. The highest BCUT2D eigenvalue weighted by atomic mass is 16.5. The van der Waals surface area contributed by atoms with Crippen LogP contribution in [0.2, 0.25) is 0 Å². The molecular weight excluding hydrogens is 1450 g/mol. The van der Waals surface area contributed by atoms with Crippen LogP contribution in [0.25, 0.3) is 108 Å². The molecule has 2 atom stereocenters. The molecular formula is C106H94N6O6. The summed E-state index contributed by atoms with van der Waals surface area (Å²) in [5.74, 6) is -0.308. The fourth-order valence-electron chi connectivity index (χ4n) is 17.3. The maximum absolute atomic E-state index is 14.5. The quantitative estimate of drug-likeness (QED) is 0.0432. The first kappa shape index (κ1) is 78.1. The van der Waals surface area contributed by atoms with Crippen LogP contribution in [0.1, 0.15) is 157 Å². The van der Waals surface area contributed by atoms with E-state index in [4.69, 9.17) is 19.4 Å². The van der Waals surface area contributed by atoms with Crippen molar-refractivity contribution in [2.24, 2.45) is 5.41 Å². The van der Waals surface area contributed by atoms with Gasteiger partial charge in [-0.3, -0.25) is 19.2 Å². The van der Waals surface area contributed by atoms with Gasteiger partial charge in [0, 0.05) is 112 Å². The zero-order valence-corrected chi connectivity index (χ0v) is 68.5. The van der Waals surface area contributed by atoms with Gasteiger partial charge in [0.25, 0.3) is 11.8 Å². The van der Waals surface area contributed by atoms with Gasteiger partial charge in [0.05, 0.1) is 37.0 Å². The van der Waals surface area contributed by atoms with E-state index in [9.17, 15) is 19.2 Å². The molecule has 10 aromatic rings. The molecule has 4 aliphatic carbocycles. The van der Waals surface area contributed by atoms with E-state index in [1.165, 1.54) is 53.7 Å². The van der Waals surface area contributed by atoms with Crippen LogP contribution in [-0.4, -0.2) is 57.5 Å². The largest absolute Gasteiger partial charge is 0.496 e. The number of anilines is 2. The predicted octanol–water partition coefficient (Wildman–Crippen LogP) is 25.8. The molecule has 2 amide bonds. The van der Waals surface area contributed by atoms with Gasteiger partial charge in [-0.15, -0.1) is 0 Å². The van der Waals surface area contributed by atoms with Crippen LogP contribution in [0.5, 0.6) is 11.5 Å². The Morgan fingerprint density at radius 2 is 0.839 bits per heavy atom. The summed E-state index contributed by atoms with van der Waals surface area (Å²) < 4.78 is 12.3. The van der Waals surface area contributed by atoms with Crippen LogP contribution < -0.4 is 20.1 Å². The molecule has 16 rings (SSSR count). The van der Waals surface area contributed by atoms with E-state index in [0.717, 1.165) is 134 Å². The van der Waals surface area contributed by atoms with Crippen molar-refractivity contribution in [2.75, 3.05) is 24.9 Å². The number of H-pyrrole nitrogens is 2. The number of hydrogen-bond acceptors (Lipinski definition) is 8. The second-order valence-corrected chi connectivity index (χ2v) is 32.1. The van der Waals surface area contributed by atoms with Crippen LogP contribution in [0.4, 0.5) is 11.4 Å². The van der Waals surface area contributed by atoms with Crippen molar-refractivity contribution >= 4 is 98.0 Å². The van der Waals surface area contributed by atoms with Crippen molar-refractivity contribution in [3.8, 4) is 56.0 Å². The summed E-state index contributed by atoms with van der Waals surface area (Å²) in [4.78, 5) is 73.9. The van der Waals surface area contributed by atoms with Crippen molar-refractivity contribution in [3.05, 3.63) is 361 Å². The number of aromatic nitrogens is 4. The number of amides is 2. The Morgan fingerprint density at radius 1 is 0.449 bits per heavy atom. The fraction of sp³-hybridized carbons (Fsp3) is 0.170. The highest BCUT2D eigenvalue weighted by Gasteiger charge is 2.52. The number of ketones is 2. The molecule has 0 fully saturated rings. The molecule has 0 spiro atoms. The fourth-order valence-corrected chi connectivity index (χ4v) is 17.3. The Labute approximate surface area is 689 Å². The number of allylic oxidation sites excluding steroid dienone is 23. The molecule has 7 aromatic carbocycles. The monoisotopic (exact) mass is 1550 g/mol. The molecule has 12 nitrogen and oxygen atoms in total. The molecule has 4 N–H and O–H groups in total. The van der Waals surface area contributed by atoms with E-state index in [1.54, 1.807) is 20.3 Å². The SMILES string of the molecule is COc1c2c(c(OC)c3cc(C(=O)Nc4ccc(-c5c6nc(c(-c7ccc(C)cc7)c7ccc([nH]7)c(-c7ccc(NC(=O)c8ccc(/C=C/C(C)=C/C=C/C(C)=C/C=C/C=C(C)/C=C/C=C(C)/C=C/C9=C(C)CCCC9(C)C)cc8)cc7)c7nc(c(-c8ccc(C)cc8)c8ccc5[nH]8)C=C7)C=C6)cc4)ccc13)[C@H]1C[C@@H]2C2=C1C(=O)C=CC2=O. The zero-order valence-electron chi connectivity index (χ0n) is 68.5. The number of fused-ring (bicyclic) bond motifs is 16. The molecule has 584 valence electrons. The van der Waals surface area contributed by atoms with Crippen LogP contribution >= 0.6 is 0 Å². The first-order valence-corrected chi connectivity index (χ1v) is 40.4. The number of hydrogen-bond donors (Lipinski definition) is 4. The van der Waals surface area contributed by atoms with Gasteiger partial charge in [-0.2, -0.15) is 0 Å². The number of methoxy groups -OCH3 is 2. The minimum atomic E-state index is -0.332. The van der Waals surface area contributed by atoms with Gasteiger partial charge >= 0.3 is 0 Å². The van der Waals surface area contributed by atoms with E-state index in [1.807, 2.05) is 84.9 Å². The second kappa shape index (κ2) is 33.2.